The fourth-order valence-electron chi connectivity index (χ4n) is 5.10. The number of hydrogen-bond donors (Lipinski definition) is 3. The van der Waals surface area contributed by atoms with Gasteiger partial charge in [-0.05, 0) is 95.3 Å². The van der Waals surface area contributed by atoms with Crippen LogP contribution in [0.5, 0.6) is 0 Å². The molecule has 0 spiro atoms. The van der Waals surface area contributed by atoms with Crippen molar-refractivity contribution < 1.29 is 20.1 Å². The predicted octanol–water partition coefficient (Wildman–Crippen LogP) is 7.85. The smallest absolute Gasteiger partial charge is 0.121 e. The van der Waals surface area contributed by atoms with Gasteiger partial charge < -0.3 is 20.1 Å². The van der Waals surface area contributed by atoms with Gasteiger partial charge in [-0.3, -0.25) is 0 Å². The van der Waals surface area contributed by atoms with Gasteiger partial charge in [-0.25, -0.2) is 0 Å². The van der Waals surface area contributed by atoms with Crippen LogP contribution in [0.1, 0.15) is 138 Å². The Morgan fingerprint density at radius 3 is 2.06 bits per heavy atom. The van der Waals surface area contributed by atoms with Crippen molar-refractivity contribution in [3.8, 4) is 0 Å². The molecule has 0 aliphatic heterocycles. The predicted molar refractivity (Wildman–Crippen MR) is 148 cm³/mol. The van der Waals surface area contributed by atoms with Crippen LogP contribution in [-0.4, -0.2) is 39.2 Å². The van der Waals surface area contributed by atoms with Crippen LogP contribution in [0.4, 0.5) is 0 Å². The highest BCUT2D eigenvalue weighted by Gasteiger charge is 2.27. The van der Waals surface area contributed by atoms with E-state index >= 15 is 0 Å². The second-order valence-corrected chi connectivity index (χ2v) is 12.0. The van der Waals surface area contributed by atoms with Gasteiger partial charge >= 0.3 is 0 Å². The molecule has 35 heavy (non-hydrogen) atoms. The molecule has 0 bridgehead atoms. The van der Waals surface area contributed by atoms with Gasteiger partial charge in [-0.15, -0.1) is 0 Å². The number of rotatable bonds is 19. The summed E-state index contributed by atoms with van der Waals surface area (Å²) in [6.45, 7) is 15.4. The van der Waals surface area contributed by atoms with Gasteiger partial charge in [0.1, 0.15) is 5.76 Å². The lowest BCUT2D eigenvalue weighted by Gasteiger charge is -2.29. The Morgan fingerprint density at radius 2 is 1.46 bits per heavy atom. The first kappa shape index (κ1) is 32.2. The Labute approximate surface area is 217 Å². The number of aliphatic hydroxyl groups excluding tert-OH is 1. The highest BCUT2D eigenvalue weighted by molar-refractivity contribution is 5.37. The second kappa shape index (κ2) is 16.1. The molecule has 0 heterocycles. The first-order valence-electron chi connectivity index (χ1n) is 14.6. The topological polar surface area (TPSA) is 69.9 Å². The SMILES string of the molecule is CCCCCC(C)(O)CCCC(C)(O)CCCC(C)CCC1=CC(O)C(C)C(C)=C1OCCCC. The maximum absolute atomic E-state index is 10.9. The number of ether oxygens (including phenoxy) is 1. The van der Waals surface area contributed by atoms with Crippen molar-refractivity contribution in [2.75, 3.05) is 6.61 Å². The third-order valence-electron chi connectivity index (χ3n) is 8.03. The van der Waals surface area contributed by atoms with E-state index in [0.29, 0.717) is 5.92 Å². The average Bonchev–Trinajstić information content (AvgIpc) is 2.77. The lowest BCUT2D eigenvalue weighted by Crippen LogP contribution is -2.28. The molecule has 206 valence electrons. The minimum atomic E-state index is -0.661. The summed E-state index contributed by atoms with van der Waals surface area (Å²) in [5.74, 6) is 1.67. The largest absolute Gasteiger partial charge is 0.493 e. The minimum Gasteiger partial charge on any atom is -0.493 e. The molecular weight excluding hydrogens is 436 g/mol. The van der Waals surface area contributed by atoms with Crippen molar-refractivity contribution in [1.82, 2.24) is 0 Å². The molecule has 1 aliphatic rings. The van der Waals surface area contributed by atoms with Crippen molar-refractivity contribution in [1.29, 1.82) is 0 Å². The summed E-state index contributed by atoms with van der Waals surface area (Å²) in [5, 5.41) is 31.9. The molecule has 0 saturated heterocycles. The monoisotopic (exact) mass is 494 g/mol. The van der Waals surface area contributed by atoms with E-state index in [1.807, 2.05) is 19.9 Å². The lowest BCUT2D eigenvalue weighted by molar-refractivity contribution is 0.0107. The maximum atomic E-state index is 10.9. The molecule has 4 nitrogen and oxygen atoms in total. The van der Waals surface area contributed by atoms with Crippen LogP contribution in [0.25, 0.3) is 0 Å². The van der Waals surface area contributed by atoms with Gasteiger partial charge in [0.15, 0.2) is 0 Å². The molecule has 0 amide bonds. The zero-order valence-electron chi connectivity index (χ0n) is 24.2. The van der Waals surface area contributed by atoms with E-state index in [0.717, 1.165) is 95.0 Å². The molecule has 5 unspecified atom stereocenters. The molecule has 0 aromatic carbocycles. The molecular formula is C31H58O4. The number of unbranched alkanes of at least 4 members (excludes halogenated alkanes) is 3. The average molecular weight is 495 g/mol. The first-order valence-corrected chi connectivity index (χ1v) is 14.6. The summed E-state index contributed by atoms with van der Waals surface area (Å²) >= 11 is 0. The van der Waals surface area contributed by atoms with Crippen LogP contribution in [0, 0.1) is 11.8 Å². The van der Waals surface area contributed by atoms with Gasteiger partial charge in [0, 0.05) is 5.92 Å². The first-order chi connectivity index (χ1) is 16.4. The zero-order valence-corrected chi connectivity index (χ0v) is 24.2. The quantitative estimate of drug-likeness (QED) is 0.160. The lowest BCUT2D eigenvalue weighted by atomic mass is 9.84. The number of allylic oxidation sites excluding steroid dienone is 1. The van der Waals surface area contributed by atoms with Gasteiger partial charge in [0.05, 0.1) is 23.9 Å². The van der Waals surface area contributed by atoms with Crippen LogP contribution in [-0.2, 0) is 4.74 Å². The van der Waals surface area contributed by atoms with Gasteiger partial charge in [0.2, 0.25) is 0 Å². The number of hydrogen-bond acceptors (Lipinski definition) is 4. The molecule has 5 atom stereocenters. The number of aliphatic hydroxyl groups is 3. The molecule has 4 heteroatoms. The Bertz CT molecular complexity index is 646. The Kier molecular flexibility index (Phi) is 14.8. The minimum absolute atomic E-state index is 0.107. The van der Waals surface area contributed by atoms with Crippen LogP contribution in [0.3, 0.4) is 0 Å². The maximum Gasteiger partial charge on any atom is 0.121 e. The normalized spacial score (nSPS) is 23.0. The standard InChI is InChI=1S/C31H58O4/c1-8-10-12-18-30(6,33)20-14-21-31(7,34)19-13-15-24(3)16-17-27-23-28(32)25(4)26(5)29(27)35-22-11-9-2/h23-25,28,32-34H,8-22H2,1-7H3. The molecule has 0 radical (unpaired) electrons. The fraction of sp³-hybridized carbons (Fsp3) is 0.871. The highest BCUT2D eigenvalue weighted by Crippen LogP contribution is 2.34. The molecule has 1 rings (SSSR count). The second-order valence-electron chi connectivity index (χ2n) is 12.0. The van der Waals surface area contributed by atoms with Crippen LogP contribution >= 0.6 is 0 Å². The Morgan fingerprint density at radius 1 is 0.886 bits per heavy atom. The summed E-state index contributed by atoms with van der Waals surface area (Å²) in [7, 11) is 0. The summed E-state index contributed by atoms with van der Waals surface area (Å²) in [6.07, 6.45) is 15.3. The summed E-state index contributed by atoms with van der Waals surface area (Å²) < 4.78 is 6.16. The van der Waals surface area contributed by atoms with Crippen molar-refractivity contribution in [3.63, 3.8) is 0 Å². The summed E-state index contributed by atoms with van der Waals surface area (Å²) in [5.41, 5.74) is 1.06. The molecule has 3 N–H and O–H groups in total. The zero-order chi connectivity index (χ0) is 26.5. The van der Waals surface area contributed by atoms with Gasteiger partial charge in [-0.1, -0.05) is 66.2 Å². The third-order valence-corrected chi connectivity index (χ3v) is 8.03. The van der Waals surface area contributed by atoms with Crippen LogP contribution < -0.4 is 0 Å². The summed E-state index contributed by atoms with van der Waals surface area (Å²) in [6, 6.07) is 0. The molecule has 0 aromatic heterocycles. The van der Waals surface area contributed by atoms with Crippen molar-refractivity contribution >= 4 is 0 Å². The van der Waals surface area contributed by atoms with Gasteiger partial charge in [0.25, 0.3) is 0 Å². The van der Waals surface area contributed by atoms with E-state index in [9.17, 15) is 15.3 Å². The van der Waals surface area contributed by atoms with Gasteiger partial charge in [-0.2, -0.15) is 0 Å². The van der Waals surface area contributed by atoms with E-state index in [4.69, 9.17) is 4.74 Å². The van der Waals surface area contributed by atoms with Crippen LogP contribution in [0.15, 0.2) is 23.0 Å². The highest BCUT2D eigenvalue weighted by atomic mass is 16.5. The molecule has 0 fully saturated rings. The molecule has 0 saturated carbocycles. The van der Waals surface area contributed by atoms with Crippen molar-refractivity contribution in [2.45, 2.75) is 156 Å². The van der Waals surface area contributed by atoms with E-state index in [1.165, 1.54) is 18.4 Å². The van der Waals surface area contributed by atoms with Crippen molar-refractivity contribution in [3.05, 3.63) is 23.0 Å². The van der Waals surface area contributed by atoms with Crippen LogP contribution in [0.2, 0.25) is 0 Å². The summed E-state index contributed by atoms with van der Waals surface area (Å²) in [4.78, 5) is 0. The fourth-order valence-corrected chi connectivity index (χ4v) is 5.10. The van der Waals surface area contributed by atoms with Crippen molar-refractivity contribution in [2.24, 2.45) is 11.8 Å². The Hall–Kier alpha value is -0.840. The molecule has 0 aromatic rings. The van der Waals surface area contributed by atoms with E-state index in [1.54, 1.807) is 0 Å². The molecule has 1 aliphatic carbocycles. The van der Waals surface area contributed by atoms with E-state index in [2.05, 4.69) is 34.6 Å². The van der Waals surface area contributed by atoms with E-state index < -0.39 is 17.3 Å². The third kappa shape index (κ3) is 12.8. The Balaban J connectivity index is 2.42. The van der Waals surface area contributed by atoms with E-state index in [-0.39, 0.29) is 5.92 Å².